The zero-order chi connectivity index (χ0) is 15.0. The van der Waals surface area contributed by atoms with Gasteiger partial charge in [-0.1, -0.05) is 11.8 Å². The minimum absolute atomic E-state index is 0.0187. The summed E-state index contributed by atoms with van der Waals surface area (Å²) in [6.07, 6.45) is 2.88. The maximum absolute atomic E-state index is 10.8. The van der Waals surface area contributed by atoms with Crippen molar-refractivity contribution in [1.82, 2.24) is 19.4 Å². The van der Waals surface area contributed by atoms with Crippen molar-refractivity contribution in [2.75, 3.05) is 25.9 Å². The molecule has 6 nitrogen and oxygen atoms in total. The van der Waals surface area contributed by atoms with Gasteiger partial charge in [-0.05, 0) is 38.6 Å². The largest absolute Gasteiger partial charge is 0.481 e. The number of likely N-dealkylation sites (N-methyl/N-ethyl adjacent to an activating group) is 1. The molecule has 3 rings (SSSR count). The molecule has 1 atom stereocenters. The molecule has 2 aromatic heterocycles. The van der Waals surface area contributed by atoms with Gasteiger partial charge in [0, 0.05) is 12.7 Å². The van der Waals surface area contributed by atoms with Gasteiger partial charge in [-0.3, -0.25) is 9.36 Å². The molecule has 1 fully saturated rings. The summed E-state index contributed by atoms with van der Waals surface area (Å²) in [4.78, 5) is 22.2. The molecule has 112 valence electrons. The first kappa shape index (κ1) is 14.3. The van der Waals surface area contributed by atoms with Crippen LogP contribution in [0.4, 0.5) is 0 Å². The Hall–Kier alpha value is -1.60. The SMILES string of the molecule is Cc1cnc2c(c1)nc(SCC(=O)O)n2C1CCN(C)C1. The van der Waals surface area contributed by atoms with Crippen LogP contribution in [0.3, 0.4) is 0 Å². The van der Waals surface area contributed by atoms with Crippen molar-refractivity contribution in [3.63, 3.8) is 0 Å². The van der Waals surface area contributed by atoms with E-state index in [-0.39, 0.29) is 5.75 Å². The number of nitrogens with zero attached hydrogens (tertiary/aromatic N) is 4. The number of fused-ring (bicyclic) bond motifs is 1. The monoisotopic (exact) mass is 306 g/mol. The molecule has 7 heteroatoms. The summed E-state index contributed by atoms with van der Waals surface area (Å²) in [5.41, 5.74) is 2.76. The summed E-state index contributed by atoms with van der Waals surface area (Å²) in [7, 11) is 2.10. The Morgan fingerprint density at radius 1 is 1.57 bits per heavy atom. The van der Waals surface area contributed by atoms with Crippen LogP contribution in [0.25, 0.3) is 11.2 Å². The Morgan fingerprint density at radius 2 is 2.38 bits per heavy atom. The molecule has 1 unspecified atom stereocenters. The summed E-state index contributed by atoms with van der Waals surface area (Å²) in [5.74, 6) is -0.809. The third-order valence-electron chi connectivity index (χ3n) is 3.69. The van der Waals surface area contributed by atoms with Crippen LogP contribution in [-0.2, 0) is 4.79 Å². The lowest BCUT2D eigenvalue weighted by Gasteiger charge is -2.15. The van der Waals surface area contributed by atoms with E-state index in [0.717, 1.165) is 41.4 Å². The van der Waals surface area contributed by atoms with E-state index in [4.69, 9.17) is 5.11 Å². The number of thioether (sulfide) groups is 1. The van der Waals surface area contributed by atoms with E-state index in [1.54, 1.807) is 0 Å². The average molecular weight is 306 g/mol. The zero-order valence-corrected chi connectivity index (χ0v) is 12.9. The van der Waals surface area contributed by atoms with Crippen LogP contribution < -0.4 is 0 Å². The Kier molecular flexibility index (Phi) is 3.86. The van der Waals surface area contributed by atoms with Gasteiger partial charge in [-0.25, -0.2) is 9.97 Å². The van der Waals surface area contributed by atoms with Crippen molar-refractivity contribution in [3.8, 4) is 0 Å². The summed E-state index contributed by atoms with van der Waals surface area (Å²) in [6, 6.07) is 2.31. The van der Waals surface area contributed by atoms with Crippen molar-refractivity contribution in [2.45, 2.75) is 24.5 Å². The van der Waals surface area contributed by atoms with Crippen molar-refractivity contribution in [1.29, 1.82) is 0 Å². The highest BCUT2D eigenvalue weighted by Gasteiger charge is 2.26. The molecule has 2 aromatic rings. The Labute approximate surface area is 127 Å². The van der Waals surface area contributed by atoms with Crippen LogP contribution in [-0.4, -0.2) is 56.4 Å². The first-order chi connectivity index (χ1) is 10.0. The molecule has 0 spiro atoms. The number of imidazole rings is 1. The molecule has 1 aliphatic rings. The van der Waals surface area contributed by atoms with Gasteiger partial charge in [0.1, 0.15) is 5.52 Å². The van der Waals surface area contributed by atoms with Gasteiger partial charge >= 0.3 is 5.97 Å². The molecular weight excluding hydrogens is 288 g/mol. The number of hydrogen-bond acceptors (Lipinski definition) is 5. The molecule has 0 radical (unpaired) electrons. The lowest BCUT2D eigenvalue weighted by molar-refractivity contribution is -0.133. The third kappa shape index (κ3) is 2.89. The molecule has 0 aromatic carbocycles. The number of carboxylic acids is 1. The van der Waals surface area contributed by atoms with Crippen molar-refractivity contribution in [3.05, 3.63) is 17.8 Å². The Morgan fingerprint density at radius 3 is 3.05 bits per heavy atom. The summed E-state index contributed by atoms with van der Waals surface area (Å²) >= 11 is 1.27. The van der Waals surface area contributed by atoms with E-state index in [1.165, 1.54) is 11.8 Å². The maximum Gasteiger partial charge on any atom is 0.313 e. The minimum atomic E-state index is -0.828. The minimum Gasteiger partial charge on any atom is -0.481 e. The van der Waals surface area contributed by atoms with E-state index in [0.29, 0.717) is 6.04 Å². The number of carboxylic acid groups (broad SMARTS) is 1. The van der Waals surface area contributed by atoms with E-state index in [9.17, 15) is 4.79 Å². The molecule has 3 heterocycles. The van der Waals surface area contributed by atoms with Gasteiger partial charge in [0.15, 0.2) is 10.8 Å². The number of hydrogen-bond donors (Lipinski definition) is 1. The van der Waals surface area contributed by atoms with Gasteiger partial charge in [0.05, 0.1) is 11.8 Å². The number of likely N-dealkylation sites (tertiary alicyclic amines) is 1. The highest BCUT2D eigenvalue weighted by molar-refractivity contribution is 7.99. The van der Waals surface area contributed by atoms with E-state index < -0.39 is 5.97 Å². The average Bonchev–Trinajstić information content (AvgIpc) is 2.98. The van der Waals surface area contributed by atoms with Crippen molar-refractivity contribution in [2.24, 2.45) is 0 Å². The predicted octanol–water partition coefficient (Wildman–Crippen LogP) is 1.79. The normalized spacial score (nSPS) is 19.4. The quantitative estimate of drug-likeness (QED) is 0.868. The summed E-state index contributed by atoms with van der Waals surface area (Å²) < 4.78 is 2.12. The topological polar surface area (TPSA) is 71.2 Å². The third-order valence-corrected chi connectivity index (χ3v) is 4.63. The molecule has 1 saturated heterocycles. The van der Waals surface area contributed by atoms with E-state index in [1.807, 2.05) is 19.2 Å². The molecule has 21 heavy (non-hydrogen) atoms. The van der Waals surface area contributed by atoms with Gasteiger partial charge in [-0.15, -0.1) is 0 Å². The zero-order valence-electron chi connectivity index (χ0n) is 12.1. The number of aliphatic carboxylic acids is 1. The van der Waals surface area contributed by atoms with E-state index in [2.05, 4.69) is 26.5 Å². The van der Waals surface area contributed by atoms with Crippen LogP contribution in [0.1, 0.15) is 18.0 Å². The van der Waals surface area contributed by atoms with Gasteiger partial charge in [-0.2, -0.15) is 0 Å². The number of aromatic nitrogens is 3. The van der Waals surface area contributed by atoms with Gasteiger partial charge in [0.2, 0.25) is 0 Å². The highest BCUT2D eigenvalue weighted by Crippen LogP contribution is 2.31. The van der Waals surface area contributed by atoms with Crippen LogP contribution in [0.15, 0.2) is 17.4 Å². The molecule has 1 aliphatic heterocycles. The van der Waals surface area contributed by atoms with Crippen LogP contribution in [0, 0.1) is 6.92 Å². The van der Waals surface area contributed by atoms with Gasteiger partial charge in [0.25, 0.3) is 0 Å². The number of pyridine rings is 1. The molecule has 0 aliphatic carbocycles. The van der Waals surface area contributed by atoms with Crippen molar-refractivity contribution >= 4 is 28.9 Å². The molecule has 1 N–H and O–H groups in total. The fraction of sp³-hybridized carbons (Fsp3) is 0.500. The lowest BCUT2D eigenvalue weighted by atomic mass is 10.2. The second kappa shape index (κ2) is 5.65. The maximum atomic E-state index is 10.8. The smallest absolute Gasteiger partial charge is 0.313 e. The molecule has 0 amide bonds. The number of aryl methyl sites for hydroxylation is 1. The lowest BCUT2D eigenvalue weighted by Crippen LogP contribution is -2.17. The summed E-state index contributed by atoms with van der Waals surface area (Å²) in [6.45, 7) is 3.97. The van der Waals surface area contributed by atoms with Crippen LogP contribution >= 0.6 is 11.8 Å². The molecular formula is C14H18N4O2S. The van der Waals surface area contributed by atoms with E-state index >= 15 is 0 Å². The highest BCUT2D eigenvalue weighted by atomic mass is 32.2. The van der Waals surface area contributed by atoms with Crippen LogP contribution in [0.2, 0.25) is 0 Å². The standard InChI is InChI=1S/C14H18N4O2S/c1-9-5-11-13(15-6-9)18(10-3-4-17(2)7-10)14(16-11)21-8-12(19)20/h5-6,10H,3-4,7-8H2,1-2H3,(H,19,20). The van der Waals surface area contributed by atoms with Crippen LogP contribution in [0.5, 0.6) is 0 Å². The summed E-state index contributed by atoms with van der Waals surface area (Å²) in [5, 5.41) is 9.67. The van der Waals surface area contributed by atoms with Gasteiger partial charge < -0.3 is 10.0 Å². The fourth-order valence-electron chi connectivity index (χ4n) is 2.74. The molecule has 0 bridgehead atoms. The second-order valence-electron chi connectivity index (χ2n) is 5.51. The number of carbonyl (C=O) groups is 1. The second-order valence-corrected chi connectivity index (χ2v) is 6.45. The first-order valence-corrected chi connectivity index (χ1v) is 7.91. The predicted molar refractivity (Wildman–Crippen MR) is 81.8 cm³/mol. The Balaban J connectivity index is 2.04. The molecule has 0 saturated carbocycles. The Bertz CT molecular complexity index is 685. The fourth-order valence-corrected chi connectivity index (χ4v) is 3.53. The number of rotatable bonds is 4. The van der Waals surface area contributed by atoms with Crippen molar-refractivity contribution < 1.29 is 9.90 Å². The first-order valence-electron chi connectivity index (χ1n) is 6.92.